The van der Waals surface area contributed by atoms with Crippen LogP contribution in [-0.4, -0.2) is 19.2 Å². The van der Waals surface area contributed by atoms with Crippen LogP contribution in [0.15, 0.2) is 30.3 Å². The van der Waals surface area contributed by atoms with E-state index in [0.29, 0.717) is 0 Å². The fourth-order valence-electron chi connectivity index (χ4n) is 1.57. The standard InChI is InChI=1S/C14H16N2O/c15-9-11-17-14-6-2-1-4-12(14)5-3-10-16-13-7-8-13/h1-6,13,16H,7-8,10-11H2. The normalized spacial score (nSPS) is 14.8. The van der Waals surface area contributed by atoms with E-state index in [2.05, 4.69) is 11.4 Å². The maximum absolute atomic E-state index is 8.50. The molecule has 0 saturated heterocycles. The van der Waals surface area contributed by atoms with Gasteiger partial charge in [0.05, 0.1) is 0 Å². The molecule has 3 nitrogen and oxygen atoms in total. The van der Waals surface area contributed by atoms with Gasteiger partial charge in [0.25, 0.3) is 0 Å². The average Bonchev–Trinajstić information content (AvgIpc) is 3.17. The number of benzene rings is 1. The van der Waals surface area contributed by atoms with Gasteiger partial charge in [-0.25, -0.2) is 0 Å². The molecule has 0 aliphatic heterocycles. The second-order valence-electron chi connectivity index (χ2n) is 4.07. The molecule has 0 spiro atoms. The Labute approximate surface area is 102 Å². The highest BCUT2D eigenvalue weighted by molar-refractivity contribution is 5.57. The molecular formula is C14H16N2O. The number of nitriles is 1. The molecule has 17 heavy (non-hydrogen) atoms. The Morgan fingerprint density at radius 2 is 2.24 bits per heavy atom. The van der Waals surface area contributed by atoms with Crippen molar-refractivity contribution in [3.05, 3.63) is 35.9 Å². The Morgan fingerprint density at radius 3 is 3.00 bits per heavy atom. The van der Waals surface area contributed by atoms with Crippen LogP contribution in [0.25, 0.3) is 6.08 Å². The van der Waals surface area contributed by atoms with Crippen molar-refractivity contribution in [3.8, 4) is 11.8 Å². The predicted octanol–water partition coefficient (Wildman–Crippen LogP) is 2.35. The highest BCUT2D eigenvalue weighted by atomic mass is 16.5. The van der Waals surface area contributed by atoms with Crippen molar-refractivity contribution in [2.75, 3.05) is 13.2 Å². The maximum atomic E-state index is 8.50. The van der Waals surface area contributed by atoms with Crippen LogP contribution in [0.1, 0.15) is 18.4 Å². The molecule has 1 aromatic carbocycles. The Morgan fingerprint density at radius 1 is 1.41 bits per heavy atom. The van der Waals surface area contributed by atoms with Crippen molar-refractivity contribution in [1.82, 2.24) is 5.32 Å². The molecule has 88 valence electrons. The number of para-hydroxylation sites is 1. The van der Waals surface area contributed by atoms with Crippen LogP contribution in [0, 0.1) is 11.3 Å². The van der Waals surface area contributed by atoms with E-state index in [1.165, 1.54) is 12.8 Å². The molecule has 1 fully saturated rings. The van der Waals surface area contributed by atoms with Crippen LogP contribution < -0.4 is 10.1 Å². The number of ether oxygens (including phenoxy) is 1. The van der Waals surface area contributed by atoms with Crippen molar-refractivity contribution in [1.29, 1.82) is 5.26 Å². The van der Waals surface area contributed by atoms with Crippen molar-refractivity contribution >= 4 is 6.08 Å². The van der Waals surface area contributed by atoms with Gasteiger partial charge in [-0.05, 0) is 18.9 Å². The van der Waals surface area contributed by atoms with Crippen LogP contribution in [0.5, 0.6) is 5.75 Å². The van der Waals surface area contributed by atoms with E-state index in [1.807, 2.05) is 36.4 Å². The van der Waals surface area contributed by atoms with Crippen molar-refractivity contribution in [2.45, 2.75) is 18.9 Å². The van der Waals surface area contributed by atoms with Gasteiger partial charge in [0.1, 0.15) is 11.8 Å². The Balaban J connectivity index is 1.90. The molecule has 0 aromatic heterocycles. The van der Waals surface area contributed by atoms with Crippen molar-refractivity contribution in [3.63, 3.8) is 0 Å². The van der Waals surface area contributed by atoms with Gasteiger partial charge in [0, 0.05) is 18.2 Å². The van der Waals surface area contributed by atoms with Gasteiger partial charge in [-0.15, -0.1) is 0 Å². The summed E-state index contributed by atoms with van der Waals surface area (Å²) < 4.78 is 5.34. The van der Waals surface area contributed by atoms with Gasteiger partial charge >= 0.3 is 0 Å². The van der Waals surface area contributed by atoms with E-state index in [9.17, 15) is 0 Å². The summed E-state index contributed by atoms with van der Waals surface area (Å²) in [5.74, 6) is 0.761. The summed E-state index contributed by atoms with van der Waals surface area (Å²) in [4.78, 5) is 0. The van der Waals surface area contributed by atoms with Crippen LogP contribution in [0.4, 0.5) is 0 Å². The minimum atomic E-state index is 0.0885. The summed E-state index contributed by atoms with van der Waals surface area (Å²) in [6.45, 7) is 0.975. The highest BCUT2D eigenvalue weighted by Crippen LogP contribution is 2.20. The molecule has 1 aromatic rings. The summed E-state index contributed by atoms with van der Waals surface area (Å²) >= 11 is 0. The molecule has 1 aliphatic carbocycles. The average molecular weight is 228 g/mol. The summed E-state index contributed by atoms with van der Waals surface area (Å²) in [7, 11) is 0. The fraction of sp³-hybridized carbons (Fsp3) is 0.357. The monoisotopic (exact) mass is 228 g/mol. The van der Waals surface area contributed by atoms with E-state index in [-0.39, 0.29) is 6.61 Å². The lowest BCUT2D eigenvalue weighted by molar-refractivity contribution is 0.367. The maximum Gasteiger partial charge on any atom is 0.174 e. The third kappa shape index (κ3) is 3.93. The molecular weight excluding hydrogens is 212 g/mol. The highest BCUT2D eigenvalue weighted by Gasteiger charge is 2.18. The number of hydrogen-bond acceptors (Lipinski definition) is 3. The summed E-state index contributed by atoms with van der Waals surface area (Å²) in [6, 6.07) is 10.4. The van der Waals surface area contributed by atoms with Gasteiger partial charge in [0.15, 0.2) is 6.61 Å². The summed E-state index contributed by atoms with van der Waals surface area (Å²) in [5, 5.41) is 11.9. The second kappa shape index (κ2) is 6.07. The van der Waals surface area contributed by atoms with Crippen LogP contribution in [0.3, 0.4) is 0 Å². The molecule has 2 rings (SSSR count). The van der Waals surface area contributed by atoms with Crippen LogP contribution in [-0.2, 0) is 0 Å². The summed E-state index contributed by atoms with van der Waals surface area (Å²) in [6.07, 6.45) is 6.72. The second-order valence-corrected chi connectivity index (χ2v) is 4.07. The Kier molecular flexibility index (Phi) is 4.17. The first-order valence-corrected chi connectivity index (χ1v) is 5.89. The molecule has 0 unspecified atom stereocenters. The minimum absolute atomic E-state index is 0.0885. The first-order valence-electron chi connectivity index (χ1n) is 5.89. The van der Waals surface area contributed by atoms with Gasteiger partial charge in [-0.3, -0.25) is 0 Å². The lowest BCUT2D eigenvalue weighted by Gasteiger charge is -2.05. The zero-order chi connectivity index (χ0) is 11.9. The Hall–Kier alpha value is -1.79. The number of nitrogens with one attached hydrogen (secondary N) is 1. The van der Waals surface area contributed by atoms with Gasteiger partial charge in [-0.2, -0.15) is 5.26 Å². The first-order chi connectivity index (χ1) is 8.40. The molecule has 1 aliphatic rings. The van der Waals surface area contributed by atoms with E-state index in [1.54, 1.807) is 0 Å². The zero-order valence-corrected chi connectivity index (χ0v) is 9.73. The third-order valence-corrected chi connectivity index (χ3v) is 2.61. The van der Waals surface area contributed by atoms with E-state index >= 15 is 0 Å². The topological polar surface area (TPSA) is 45.0 Å². The summed E-state index contributed by atoms with van der Waals surface area (Å²) in [5.41, 5.74) is 1.01. The van der Waals surface area contributed by atoms with Crippen molar-refractivity contribution in [2.24, 2.45) is 0 Å². The number of rotatable bonds is 6. The molecule has 0 atom stereocenters. The molecule has 1 N–H and O–H groups in total. The van der Waals surface area contributed by atoms with E-state index < -0.39 is 0 Å². The molecule has 0 amide bonds. The van der Waals surface area contributed by atoms with Gasteiger partial charge in [0.2, 0.25) is 0 Å². The van der Waals surface area contributed by atoms with Crippen LogP contribution in [0.2, 0.25) is 0 Å². The molecule has 0 bridgehead atoms. The lowest BCUT2D eigenvalue weighted by Crippen LogP contribution is -2.15. The quantitative estimate of drug-likeness (QED) is 0.813. The zero-order valence-electron chi connectivity index (χ0n) is 9.73. The third-order valence-electron chi connectivity index (χ3n) is 2.61. The van der Waals surface area contributed by atoms with Gasteiger partial charge in [-0.1, -0.05) is 30.4 Å². The van der Waals surface area contributed by atoms with E-state index in [4.69, 9.17) is 10.00 Å². The molecule has 0 radical (unpaired) electrons. The Bertz CT molecular complexity index is 430. The van der Waals surface area contributed by atoms with Gasteiger partial charge < -0.3 is 10.1 Å². The number of hydrogen-bond donors (Lipinski definition) is 1. The largest absolute Gasteiger partial charge is 0.478 e. The number of nitrogens with zero attached hydrogens (tertiary/aromatic N) is 1. The SMILES string of the molecule is N#CCOc1ccccc1C=CCNC1CC1. The first kappa shape index (κ1) is 11.7. The van der Waals surface area contributed by atoms with Crippen LogP contribution >= 0.6 is 0 Å². The van der Waals surface area contributed by atoms with E-state index in [0.717, 1.165) is 23.9 Å². The smallest absolute Gasteiger partial charge is 0.174 e. The lowest BCUT2D eigenvalue weighted by atomic mass is 10.2. The molecule has 1 saturated carbocycles. The fourth-order valence-corrected chi connectivity index (χ4v) is 1.57. The molecule has 3 heteroatoms. The predicted molar refractivity (Wildman–Crippen MR) is 67.6 cm³/mol. The minimum Gasteiger partial charge on any atom is -0.478 e. The molecule has 0 heterocycles. The van der Waals surface area contributed by atoms with Crippen molar-refractivity contribution < 1.29 is 4.74 Å².